The SMILES string of the molecule is Cc1c(O)c(N2Cc3sc(C4CCNCC4)cc3C2=O)cc2cn(C)nc12. The molecule has 3 aromatic rings. The van der Waals surface area contributed by atoms with Crippen molar-refractivity contribution < 1.29 is 9.90 Å². The zero-order valence-corrected chi connectivity index (χ0v) is 16.3. The van der Waals surface area contributed by atoms with Gasteiger partial charge in [0, 0.05) is 33.9 Å². The topological polar surface area (TPSA) is 70.4 Å². The first-order valence-corrected chi connectivity index (χ1v) is 10.2. The third-order valence-electron chi connectivity index (χ3n) is 5.74. The number of anilines is 1. The Morgan fingerprint density at radius 3 is 2.81 bits per heavy atom. The Morgan fingerprint density at radius 1 is 1.30 bits per heavy atom. The van der Waals surface area contributed by atoms with Crippen LogP contribution in [0.5, 0.6) is 5.75 Å². The summed E-state index contributed by atoms with van der Waals surface area (Å²) in [4.78, 5) is 17.2. The Bertz CT molecular complexity index is 1060. The highest BCUT2D eigenvalue weighted by Gasteiger charge is 2.34. The molecule has 1 saturated heterocycles. The summed E-state index contributed by atoms with van der Waals surface area (Å²) in [5, 5.41) is 19.4. The van der Waals surface area contributed by atoms with Gasteiger partial charge in [0.1, 0.15) is 5.75 Å². The van der Waals surface area contributed by atoms with Crippen molar-refractivity contribution in [1.29, 1.82) is 0 Å². The van der Waals surface area contributed by atoms with E-state index in [0.717, 1.165) is 47.3 Å². The van der Waals surface area contributed by atoms with Crippen LogP contribution in [0.1, 0.15) is 44.4 Å². The maximum atomic E-state index is 13.1. The number of nitrogens with one attached hydrogen (secondary N) is 1. The van der Waals surface area contributed by atoms with E-state index in [-0.39, 0.29) is 11.7 Å². The molecule has 2 aliphatic rings. The maximum absolute atomic E-state index is 13.1. The summed E-state index contributed by atoms with van der Waals surface area (Å²) in [6.07, 6.45) is 4.18. The van der Waals surface area contributed by atoms with Crippen molar-refractivity contribution in [3.63, 3.8) is 0 Å². The monoisotopic (exact) mass is 382 g/mol. The van der Waals surface area contributed by atoms with Crippen molar-refractivity contribution in [2.24, 2.45) is 7.05 Å². The molecule has 27 heavy (non-hydrogen) atoms. The van der Waals surface area contributed by atoms with Crippen LogP contribution in [0, 0.1) is 6.92 Å². The van der Waals surface area contributed by atoms with Crippen molar-refractivity contribution in [3.8, 4) is 5.75 Å². The minimum absolute atomic E-state index is 0.0145. The third-order valence-corrected chi connectivity index (χ3v) is 7.02. The highest BCUT2D eigenvalue weighted by Crippen LogP contribution is 2.43. The molecule has 0 spiro atoms. The lowest BCUT2D eigenvalue weighted by Crippen LogP contribution is -2.26. The maximum Gasteiger partial charge on any atom is 0.259 e. The average Bonchev–Trinajstić information content (AvgIpc) is 3.33. The van der Waals surface area contributed by atoms with Crippen LogP contribution in [-0.4, -0.2) is 33.9 Å². The fourth-order valence-corrected chi connectivity index (χ4v) is 5.55. The van der Waals surface area contributed by atoms with Gasteiger partial charge in [0.15, 0.2) is 0 Å². The number of hydrogen-bond acceptors (Lipinski definition) is 5. The van der Waals surface area contributed by atoms with Crippen LogP contribution < -0.4 is 10.2 Å². The minimum atomic E-state index is -0.0145. The second-order valence-corrected chi connectivity index (χ2v) is 8.68. The predicted molar refractivity (Wildman–Crippen MR) is 107 cm³/mol. The fourth-order valence-electron chi connectivity index (χ4n) is 4.24. The summed E-state index contributed by atoms with van der Waals surface area (Å²) in [6.45, 7) is 4.47. The number of piperidine rings is 1. The van der Waals surface area contributed by atoms with E-state index >= 15 is 0 Å². The Balaban J connectivity index is 1.50. The lowest BCUT2D eigenvalue weighted by molar-refractivity contribution is 0.0996. The molecule has 0 aliphatic carbocycles. The number of aryl methyl sites for hydroxylation is 2. The predicted octanol–water partition coefficient (Wildman–Crippen LogP) is 3.28. The molecule has 0 radical (unpaired) electrons. The van der Waals surface area contributed by atoms with Gasteiger partial charge in [0.2, 0.25) is 0 Å². The lowest BCUT2D eigenvalue weighted by Gasteiger charge is -2.22. The van der Waals surface area contributed by atoms with E-state index in [1.54, 1.807) is 20.9 Å². The molecule has 0 bridgehead atoms. The summed E-state index contributed by atoms with van der Waals surface area (Å²) in [5.74, 6) is 0.688. The number of hydrogen-bond donors (Lipinski definition) is 2. The number of carbonyl (C=O) groups excluding carboxylic acids is 1. The first-order valence-electron chi connectivity index (χ1n) is 9.34. The Labute approximate surface area is 161 Å². The molecule has 0 unspecified atom stereocenters. The van der Waals surface area contributed by atoms with Gasteiger partial charge in [-0.1, -0.05) is 0 Å². The Hall–Kier alpha value is -2.38. The largest absolute Gasteiger partial charge is 0.505 e. The number of benzene rings is 1. The van der Waals surface area contributed by atoms with E-state index < -0.39 is 0 Å². The Kier molecular flexibility index (Phi) is 3.77. The molecule has 4 heterocycles. The number of aromatic nitrogens is 2. The van der Waals surface area contributed by atoms with Crippen LogP contribution in [-0.2, 0) is 13.6 Å². The molecule has 0 saturated carbocycles. The number of phenolic OH excluding ortho intramolecular Hbond substituents is 1. The van der Waals surface area contributed by atoms with E-state index in [1.165, 1.54) is 4.88 Å². The van der Waals surface area contributed by atoms with Gasteiger partial charge in [-0.05, 0) is 50.9 Å². The summed E-state index contributed by atoms with van der Waals surface area (Å²) >= 11 is 1.76. The highest BCUT2D eigenvalue weighted by atomic mass is 32.1. The van der Waals surface area contributed by atoms with E-state index in [1.807, 2.05) is 26.2 Å². The number of fused-ring (bicyclic) bond motifs is 2. The molecule has 6 nitrogen and oxygen atoms in total. The second-order valence-electron chi connectivity index (χ2n) is 7.51. The molecule has 1 amide bonds. The summed E-state index contributed by atoms with van der Waals surface area (Å²) in [6, 6.07) is 3.96. The molecule has 140 valence electrons. The van der Waals surface area contributed by atoms with Crippen LogP contribution in [0.25, 0.3) is 10.9 Å². The van der Waals surface area contributed by atoms with Gasteiger partial charge >= 0.3 is 0 Å². The van der Waals surface area contributed by atoms with Crippen molar-refractivity contribution in [2.75, 3.05) is 18.0 Å². The number of carbonyl (C=O) groups is 1. The number of phenols is 1. The molecule has 2 aromatic heterocycles. The molecule has 5 rings (SSSR count). The highest BCUT2D eigenvalue weighted by molar-refractivity contribution is 7.12. The summed E-state index contributed by atoms with van der Waals surface area (Å²) in [5.41, 5.74) is 2.86. The van der Waals surface area contributed by atoms with Gasteiger partial charge in [-0.2, -0.15) is 5.10 Å². The van der Waals surface area contributed by atoms with Crippen LogP contribution >= 0.6 is 11.3 Å². The lowest BCUT2D eigenvalue weighted by atomic mass is 9.96. The molecular formula is C20H22N4O2S. The molecular weight excluding hydrogens is 360 g/mol. The first-order chi connectivity index (χ1) is 13.0. The van der Waals surface area contributed by atoms with Crippen LogP contribution in [0.3, 0.4) is 0 Å². The van der Waals surface area contributed by atoms with Gasteiger partial charge in [0.25, 0.3) is 5.91 Å². The summed E-state index contributed by atoms with van der Waals surface area (Å²) in [7, 11) is 1.86. The fraction of sp³-hybridized carbons (Fsp3) is 0.400. The molecule has 7 heteroatoms. The minimum Gasteiger partial charge on any atom is -0.505 e. The third kappa shape index (κ3) is 2.56. The standard InChI is InChI=1S/C20H22N4O2S/c1-11-18-13(9-23(2)22-18)7-15(19(11)25)24-10-17-14(20(24)26)8-16(27-17)12-3-5-21-6-4-12/h7-9,12,21,25H,3-6,10H2,1-2H3. The summed E-state index contributed by atoms with van der Waals surface area (Å²) < 4.78 is 1.73. The van der Waals surface area contributed by atoms with Crippen LogP contribution in [0.15, 0.2) is 18.3 Å². The second kappa shape index (κ2) is 6.07. The van der Waals surface area contributed by atoms with E-state index in [2.05, 4.69) is 16.5 Å². The smallest absolute Gasteiger partial charge is 0.259 e. The van der Waals surface area contributed by atoms with Gasteiger partial charge in [0.05, 0.1) is 23.3 Å². The number of nitrogens with zero attached hydrogens (tertiary/aromatic N) is 3. The van der Waals surface area contributed by atoms with Gasteiger partial charge in [-0.15, -0.1) is 11.3 Å². The number of rotatable bonds is 2. The zero-order valence-electron chi connectivity index (χ0n) is 15.5. The van der Waals surface area contributed by atoms with Crippen molar-refractivity contribution in [2.45, 2.75) is 32.2 Å². The van der Waals surface area contributed by atoms with E-state index in [0.29, 0.717) is 23.7 Å². The number of amides is 1. The van der Waals surface area contributed by atoms with E-state index in [9.17, 15) is 9.90 Å². The average molecular weight is 382 g/mol. The Morgan fingerprint density at radius 2 is 2.07 bits per heavy atom. The van der Waals surface area contributed by atoms with Gasteiger partial charge in [-0.3, -0.25) is 14.4 Å². The molecule has 2 N–H and O–H groups in total. The van der Waals surface area contributed by atoms with Crippen LogP contribution in [0.2, 0.25) is 0 Å². The normalized spacial score (nSPS) is 17.9. The van der Waals surface area contributed by atoms with Crippen molar-refractivity contribution >= 4 is 33.8 Å². The van der Waals surface area contributed by atoms with Gasteiger partial charge in [-0.25, -0.2) is 0 Å². The van der Waals surface area contributed by atoms with Crippen molar-refractivity contribution in [3.05, 3.63) is 39.2 Å². The quantitative estimate of drug-likeness (QED) is 0.714. The first kappa shape index (κ1) is 16.8. The molecule has 1 aromatic carbocycles. The zero-order chi connectivity index (χ0) is 18.7. The number of thiophene rings is 1. The number of aromatic hydroxyl groups is 1. The molecule has 1 fully saturated rings. The molecule has 2 aliphatic heterocycles. The van der Waals surface area contributed by atoms with Crippen molar-refractivity contribution in [1.82, 2.24) is 15.1 Å². The van der Waals surface area contributed by atoms with Gasteiger partial charge < -0.3 is 10.4 Å². The molecule has 0 atom stereocenters. The van der Waals surface area contributed by atoms with E-state index in [4.69, 9.17) is 0 Å². The van der Waals surface area contributed by atoms with Crippen LogP contribution in [0.4, 0.5) is 5.69 Å².